The Morgan fingerprint density at radius 1 is 1.67 bits per heavy atom. The summed E-state index contributed by atoms with van der Waals surface area (Å²) in [5.74, 6) is 0. The molecule has 12 heavy (non-hydrogen) atoms. The van der Waals surface area contributed by atoms with Gasteiger partial charge in [0.05, 0.1) is 6.61 Å². The third-order valence-corrected chi connectivity index (χ3v) is 1.83. The quantitative estimate of drug-likeness (QED) is 0.370. The molecule has 6 heteroatoms. The van der Waals surface area contributed by atoms with Crippen molar-refractivity contribution in [3.05, 3.63) is 25.3 Å². The van der Waals surface area contributed by atoms with Crippen LogP contribution < -0.4 is 5.73 Å². The first-order valence-electron chi connectivity index (χ1n) is 3.16. The van der Waals surface area contributed by atoms with Gasteiger partial charge in [0, 0.05) is 0 Å². The van der Waals surface area contributed by atoms with Crippen molar-refractivity contribution in [2.24, 2.45) is 5.73 Å². The van der Waals surface area contributed by atoms with Crippen LogP contribution >= 0.6 is 7.82 Å². The first kappa shape index (κ1) is 11.6. The molecule has 0 saturated heterocycles. The molecule has 0 bridgehead atoms. The molecule has 0 radical (unpaired) electrons. The van der Waals surface area contributed by atoms with Crippen molar-refractivity contribution >= 4 is 7.82 Å². The summed E-state index contributed by atoms with van der Waals surface area (Å²) in [6.07, 6.45) is 1.50. The molecule has 0 aromatic heterocycles. The number of phosphoric acid groups is 1. The summed E-state index contributed by atoms with van der Waals surface area (Å²) in [4.78, 5) is 8.88. The minimum absolute atomic E-state index is 0.0718. The van der Waals surface area contributed by atoms with Gasteiger partial charge in [-0.15, -0.1) is 6.58 Å². The van der Waals surface area contributed by atoms with Crippen LogP contribution in [0.1, 0.15) is 0 Å². The Bertz CT molecular complexity index is 206. The number of hydrogen-bond acceptors (Lipinski definition) is 4. The van der Waals surface area contributed by atoms with Gasteiger partial charge in [0.25, 0.3) is 0 Å². The highest BCUT2D eigenvalue weighted by atomic mass is 31.2. The molecule has 0 aliphatic heterocycles. The molecule has 2 atom stereocenters. The van der Waals surface area contributed by atoms with E-state index in [9.17, 15) is 4.57 Å². The average molecular weight is 193 g/mol. The Kier molecular flexibility index (Phi) is 5.04. The minimum Gasteiger partial charge on any atom is -0.302 e. The zero-order chi connectivity index (χ0) is 9.61. The van der Waals surface area contributed by atoms with E-state index in [1.54, 1.807) is 0 Å². The van der Waals surface area contributed by atoms with E-state index in [-0.39, 0.29) is 6.61 Å². The van der Waals surface area contributed by atoms with E-state index in [0.29, 0.717) is 0 Å². The van der Waals surface area contributed by atoms with Crippen molar-refractivity contribution in [2.45, 2.75) is 6.23 Å². The fraction of sp³-hybridized carbons (Fsp3) is 0.333. The smallest absolute Gasteiger partial charge is 0.302 e. The van der Waals surface area contributed by atoms with Gasteiger partial charge in [-0.05, 0) is 6.08 Å². The van der Waals surface area contributed by atoms with Gasteiger partial charge in [0.15, 0.2) is 0 Å². The Morgan fingerprint density at radius 2 is 2.25 bits per heavy atom. The Balaban J connectivity index is 3.94. The zero-order valence-corrected chi connectivity index (χ0v) is 7.44. The second kappa shape index (κ2) is 5.24. The van der Waals surface area contributed by atoms with Crippen molar-refractivity contribution < 1.29 is 18.5 Å². The molecule has 5 nitrogen and oxygen atoms in total. The lowest BCUT2D eigenvalue weighted by atomic mass is 10.6. The normalized spacial score (nSPS) is 17.8. The molecule has 3 N–H and O–H groups in total. The molecule has 0 rings (SSSR count). The van der Waals surface area contributed by atoms with Crippen LogP contribution in [0.25, 0.3) is 0 Å². The molecule has 70 valence electrons. The first-order chi connectivity index (χ1) is 5.52. The maximum Gasteiger partial charge on any atom is 0.474 e. The van der Waals surface area contributed by atoms with Gasteiger partial charge >= 0.3 is 7.82 Å². The summed E-state index contributed by atoms with van der Waals surface area (Å²) in [6.45, 7) is 6.49. The summed E-state index contributed by atoms with van der Waals surface area (Å²) in [6, 6.07) is 0. The van der Waals surface area contributed by atoms with E-state index >= 15 is 0 Å². The molecule has 0 heterocycles. The van der Waals surface area contributed by atoms with Gasteiger partial charge < -0.3 is 10.6 Å². The van der Waals surface area contributed by atoms with E-state index in [1.807, 2.05) is 0 Å². The second-order valence-electron chi connectivity index (χ2n) is 1.86. The van der Waals surface area contributed by atoms with Gasteiger partial charge in [-0.1, -0.05) is 12.7 Å². The van der Waals surface area contributed by atoms with Gasteiger partial charge in [-0.2, -0.15) is 0 Å². The van der Waals surface area contributed by atoms with Crippen LogP contribution in [-0.2, 0) is 13.6 Å². The van der Waals surface area contributed by atoms with Crippen LogP contribution in [0.5, 0.6) is 0 Å². The van der Waals surface area contributed by atoms with E-state index in [2.05, 4.69) is 22.2 Å². The van der Waals surface area contributed by atoms with Crippen molar-refractivity contribution in [3.8, 4) is 0 Å². The SMILES string of the molecule is C=CCOP(=O)(O)OC(N)C=C. The summed E-state index contributed by atoms with van der Waals surface area (Å²) >= 11 is 0. The van der Waals surface area contributed by atoms with Crippen LogP contribution in [0.2, 0.25) is 0 Å². The average Bonchev–Trinajstić information content (AvgIpc) is 2.00. The number of rotatable bonds is 6. The summed E-state index contributed by atoms with van der Waals surface area (Å²) in [7, 11) is -4.05. The second-order valence-corrected chi connectivity index (χ2v) is 3.26. The fourth-order valence-corrected chi connectivity index (χ4v) is 1.12. The van der Waals surface area contributed by atoms with Crippen molar-refractivity contribution in [2.75, 3.05) is 6.61 Å². The molecule has 0 aromatic carbocycles. The Hall–Kier alpha value is -0.450. The summed E-state index contributed by atoms with van der Waals surface area (Å²) in [5.41, 5.74) is 5.15. The van der Waals surface area contributed by atoms with E-state index in [4.69, 9.17) is 10.6 Å². The lowest BCUT2D eigenvalue weighted by Gasteiger charge is -2.13. The highest BCUT2D eigenvalue weighted by Gasteiger charge is 2.22. The standard InChI is InChI=1S/C6H12NO4P/c1-3-5-10-12(8,9)11-6(7)4-2/h3-4,6H,1-2,5,7H2,(H,8,9). The molecule has 2 unspecified atom stereocenters. The van der Waals surface area contributed by atoms with Gasteiger partial charge in [0.1, 0.15) is 6.23 Å². The highest BCUT2D eigenvalue weighted by molar-refractivity contribution is 7.47. The molecule has 0 saturated carbocycles. The van der Waals surface area contributed by atoms with Gasteiger partial charge in [-0.25, -0.2) is 4.57 Å². The molecule has 0 aliphatic carbocycles. The molecule has 0 fully saturated rings. The summed E-state index contributed by atoms with van der Waals surface area (Å²) in [5, 5.41) is 0. The number of nitrogens with two attached hydrogens (primary N) is 1. The Morgan fingerprint density at radius 3 is 2.67 bits per heavy atom. The fourth-order valence-electron chi connectivity index (χ4n) is 0.374. The zero-order valence-electron chi connectivity index (χ0n) is 6.55. The maximum absolute atomic E-state index is 10.9. The third-order valence-electron chi connectivity index (χ3n) is 0.843. The van der Waals surface area contributed by atoms with Crippen LogP contribution in [-0.4, -0.2) is 17.7 Å². The molecule has 0 aliphatic rings. The monoisotopic (exact) mass is 193 g/mol. The predicted molar refractivity (Wildman–Crippen MR) is 45.2 cm³/mol. The summed E-state index contributed by atoms with van der Waals surface area (Å²) < 4.78 is 19.7. The van der Waals surface area contributed by atoms with Gasteiger partial charge in [0.2, 0.25) is 0 Å². The van der Waals surface area contributed by atoms with E-state index < -0.39 is 14.1 Å². The molecule has 0 aromatic rings. The van der Waals surface area contributed by atoms with E-state index in [0.717, 1.165) is 0 Å². The predicted octanol–water partition coefficient (Wildman–Crippen LogP) is 0.777. The molecule has 0 spiro atoms. The third kappa shape index (κ3) is 5.23. The minimum atomic E-state index is -4.05. The van der Waals surface area contributed by atoms with Crippen LogP contribution in [0.3, 0.4) is 0 Å². The topological polar surface area (TPSA) is 81.8 Å². The maximum atomic E-state index is 10.9. The largest absolute Gasteiger partial charge is 0.474 e. The number of hydrogen-bond donors (Lipinski definition) is 2. The Labute approximate surface area is 71.1 Å². The van der Waals surface area contributed by atoms with Crippen LogP contribution in [0.15, 0.2) is 25.3 Å². The van der Waals surface area contributed by atoms with Crippen molar-refractivity contribution in [1.29, 1.82) is 0 Å². The molecular weight excluding hydrogens is 181 g/mol. The lowest BCUT2D eigenvalue weighted by molar-refractivity contribution is 0.136. The number of phosphoric ester groups is 1. The van der Waals surface area contributed by atoms with Crippen molar-refractivity contribution in [3.63, 3.8) is 0 Å². The van der Waals surface area contributed by atoms with Crippen molar-refractivity contribution in [1.82, 2.24) is 0 Å². The van der Waals surface area contributed by atoms with E-state index in [1.165, 1.54) is 12.2 Å². The molecule has 0 amide bonds. The molecular formula is C6H12NO4P. The van der Waals surface area contributed by atoms with Crippen LogP contribution in [0.4, 0.5) is 0 Å². The first-order valence-corrected chi connectivity index (χ1v) is 4.66. The highest BCUT2D eigenvalue weighted by Crippen LogP contribution is 2.43. The van der Waals surface area contributed by atoms with Crippen LogP contribution in [0, 0.1) is 0 Å². The van der Waals surface area contributed by atoms with Gasteiger partial charge in [-0.3, -0.25) is 9.05 Å². The lowest BCUT2D eigenvalue weighted by Crippen LogP contribution is -2.19.